The van der Waals surface area contributed by atoms with E-state index >= 15 is 0 Å². The zero-order valence-corrected chi connectivity index (χ0v) is 11.4. The highest BCUT2D eigenvalue weighted by molar-refractivity contribution is 5.98. The van der Waals surface area contributed by atoms with Crippen LogP contribution in [-0.4, -0.2) is 15.9 Å². The molecule has 0 bridgehead atoms. The molecule has 2 N–H and O–H groups in total. The summed E-state index contributed by atoms with van der Waals surface area (Å²) in [6.07, 6.45) is 3.37. The molecule has 0 saturated heterocycles. The number of carbonyl (C=O) groups excluding carboxylic acids is 1. The second-order valence-electron chi connectivity index (χ2n) is 4.89. The predicted molar refractivity (Wildman–Crippen MR) is 78.4 cm³/mol. The maximum absolute atomic E-state index is 13.2. The first-order chi connectivity index (χ1) is 10.1. The molecule has 0 spiro atoms. The molecule has 0 saturated carbocycles. The summed E-state index contributed by atoms with van der Waals surface area (Å²) in [7, 11) is 0. The minimum absolute atomic E-state index is 0.136. The Morgan fingerprint density at radius 3 is 2.76 bits per heavy atom. The predicted octanol–water partition coefficient (Wildman–Crippen LogP) is 3.19. The van der Waals surface area contributed by atoms with Gasteiger partial charge in [0.2, 0.25) is 0 Å². The van der Waals surface area contributed by atoms with Gasteiger partial charge in [-0.3, -0.25) is 9.78 Å². The van der Waals surface area contributed by atoms with Gasteiger partial charge in [-0.2, -0.15) is 0 Å². The van der Waals surface area contributed by atoms with Crippen LogP contribution >= 0.6 is 0 Å². The highest BCUT2D eigenvalue weighted by Gasteiger charge is 2.13. The van der Waals surface area contributed by atoms with Crippen molar-refractivity contribution >= 4 is 16.8 Å². The first-order valence-electron chi connectivity index (χ1n) is 6.62. The smallest absolute Gasteiger partial charge is 0.268 e. The number of benzene rings is 1. The molecule has 0 radical (unpaired) electrons. The monoisotopic (exact) mass is 283 g/mol. The molecule has 0 aliphatic heterocycles. The Kier molecular flexibility index (Phi) is 3.39. The van der Waals surface area contributed by atoms with Crippen molar-refractivity contribution in [1.29, 1.82) is 0 Å². The largest absolute Gasteiger partial charge is 0.351 e. The van der Waals surface area contributed by atoms with Gasteiger partial charge in [-0.25, -0.2) is 4.39 Å². The standard InChI is InChI=1S/C16H14FN3O/c1-10(11-4-6-18-7-5-11)19-16(21)15-9-12-8-13(17)2-3-14(12)20-15/h2-10,20H,1H3,(H,19,21). The molecular formula is C16H14FN3O. The molecule has 106 valence electrons. The highest BCUT2D eigenvalue weighted by atomic mass is 19.1. The number of pyridine rings is 1. The summed E-state index contributed by atoms with van der Waals surface area (Å²) in [6.45, 7) is 1.90. The first-order valence-corrected chi connectivity index (χ1v) is 6.62. The van der Waals surface area contributed by atoms with Gasteiger partial charge in [0, 0.05) is 23.3 Å². The van der Waals surface area contributed by atoms with E-state index in [1.807, 2.05) is 19.1 Å². The molecule has 3 rings (SSSR count). The van der Waals surface area contributed by atoms with Gasteiger partial charge in [-0.15, -0.1) is 0 Å². The normalized spacial score (nSPS) is 12.3. The molecule has 5 heteroatoms. The quantitative estimate of drug-likeness (QED) is 0.775. The third-order valence-electron chi connectivity index (χ3n) is 3.38. The fourth-order valence-electron chi connectivity index (χ4n) is 2.24. The summed E-state index contributed by atoms with van der Waals surface area (Å²) in [6, 6.07) is 9.59. The average Bonchev–Trinajstić information content (AvgIpc) is 2.91. The fourth-order valence-corrected chi connectivity index (χ4v) is 2.24. The van der Waals surface area contributed by atoms with E-state index in [1.54, 1.807) is 24.5 Å². The number of nitrogens with zero attached hydrogens (tertiary/aromatic N) is 1. The lowest BCUT2D eigenvalue weighted by Gasteiger charge is -2.13. The fraction of sp³-hybridized carbons (Fsp3) is 0.125. The second kappa shape index (κ2) is 5.36. The van der Waals surface area contributed by atoms with Crippen molar-refractivity contribution in [1.82, 2.24) is 15.3 Å². The van der Waals surface area contributed by atoms with Gasteiger partial charge < -0.3 is 10.3 Å². The van der Waals surface area contributed by atoms with Crippen LogP contribution in [0.1, 0.15) is 29.0 Å². The van der Waals surface area contributed by atoms with E-state index < -0.39 is 0 Å². The van der Waals surface area contributed by atoms with Gasteiger partial charge in [-0.1, -0.05) is 0 Å². The number of carbonyl (C=O) groups is 1. The van der Waals surface area contributed by atoms with E-state index in [1.165, 1.54) is 12.1 Å². The summed E-state index contributed by atoms with van der Waals surface area (Å²) >= 11 is 0. The van der Waals surface area contributed by atoms with Gasteiger partial charge in [0.25, 0.3) is 5.91 Å². The number of aromatic nitrogens is 2. The van der Waals surface area contributed by atoms with Crippen molar-refractivity contribution in [3.05, 3.63) is 65.9 Å². The molecule has 21 heavy (non-hydrogen) atoms. The van der Waals surface area contributed by atoms with Crippen molar-refractivity contribution < 1.29 is 9.18 Å². The lowest BCUT2D eigenvalue weighted by atomic mass is 10.1. The zero-order valence-electron chi connectivity index (χ0n) is 11.4. The summed E-state index contributed by atoms with van der Waals surface area (Å²) in [5.74, 6) is -0.547. The Hall–Kier alpha value is -2.69. The Morgan fingerprint density at radius 1 is 1.24 bits per heavy atom. The van der Waals surface area contributed by atoms with Crippen LogP contribution in [0, 0.1) is 5.82 Å². The molecule has 4 nitrogen and oxygen atoms in total. The molecule has 2 aromatic heterocycles. The van der Waals surface area contributed by atoms with Crippen molar-refractivity contribution in [3.63, 3.8) is 0 Å². The molecular weight excluding hydrogens is 269 g/mol. The highest BCUT2D eigenvalue weighted by Crippen LogP contribution is 2.18. The van der Waals surface area contributed by atoms with E-state index in [0.29, 0.717) is 11.1 Å². The topological polar surface area (TPSA) is 57.8 Å². The molecule has 0 aliphatic rings. The van der Waals surface area contributed by atoms with Crippen molar-refractivity contribution in [2.75, 3.05) is 0 Å². The minimum atomic E-state index is -0.321. The van der Waals surface area contributed by atoms with Crippen LogP contribution in [0.2, 0.25) is 0 Å². The van der Waals surface area contributed by atoms with Crippen LogP contribution in [0.15, 0.2) is 48.8 Å². The maximum atomic E-state index is 13.2. The summed E-state index contributed by atoms with van der Waals surface area (Å²) < 4.78 is 13.2. The van der Waals surface area contributed by atoms with Crippen LogP contribution in [-0.2, 0) is 0 Å². The number of amides is 1. The molecule has 0 fully saturated rings. The number of H-pyrrole nitrogens is 1. The Labute approximate surface area is 121 Å². The van der Waals surface area contributed by atoms with Crippen LogP contribution in [0.25, 0.3) is 10.9 Å². The number of fused-ring (bicyclic) bond motifs is 1. The number of hydrogen-bond acceptors (Lipinski definition) is 2. The third-order valence-corrected chi connectivity index (χ3v) is 3.38. The van der Waals surface area contributed by atoms with Crippen LogP contribution in [0.3, 0.4) is 0 Å². The minimum Gasteiger partial charge on any atom is -0.351 e. The SMILES string of the molecule is CC(NC(=O)c1cc2cc(F)ccc2[nH]1)c1ccncc1. The molecule has 1 unspecified atom stereocenters. The molecule has 1 aromatic carbocycles. The lowest BCUT2D eigenvalue weighted by Crippen LogP contribution is -2.26. The molecule has 1 atom stereocenters. The second-order valence-corrected chi connectivity index (χ2v) is 4.89. The van der Waals surface area contributed by atoms with Gasteiger partial charge in [0.15, 0.2) is 0 Å². The van der Waals surface area contributed by atoms with Crippen molar-refractivity contribution in [2.45, 2.75) is 13.0 Å². The third kappa shape index (κ3) is 2.76. The molecule has 0 aliphatic carbocycles. The Morgan fingerprint density at radius 2 is 2.00 bits per heavy atom. The molecule has 3 aromatic rings. The zero-order chi connectivity index (χ0) is 14.8. The van der Waals surface area contributed by atoms with Gasteiger partial charge in [-0.05, 0) is 48.9 Å². The number of halogens is 1. The molecule has 2 heterocycles. The van der Waals surface area contributed by atoms with Crippen molar-refractivity contribution in [2.24, 2.45) is 0 Å². The first kappa shape index (κ1) is 13.3. The summed E-state index contributed by atoms with van der Waals surface area (Å²) in [5, 5.41) is 3.57. The average molecular weight is 283 g/mol. The van der Waals surface area contributed by atoms with Crippen LogP contribution in [0.5, 0.6) is 0 Å². The van der Waals surface area contributed by atoms with Gasteiger partial charge in [0.1, 0.15) is 11.5 Å². The number of aromatic amines is 1. The van der Waals surface area contributed by atoms with Crippen molar-refractivity contribution in [3.8, 4) is 0 Å². The Balaban J connectivity index is 1.80. The summed E-state index contributed by atoms with van der Waals surface area (Å²) in [5.41, 5.74) is 2.12. The lowest BCUT2D eigenvalue weighted by molar-refractivity contribution is 0.0935. The van der Waals surface area contributed by atoms with E-state index in [2.05, 4.69) is 15.3 Å². The van der Waals surface area contributed by atoms with E-state index in [0.717, 1.165) is 11.1 Å². The van der Waals surface area contributed by atoms with E-state index in [4.69, 9.17) is 0 Å². The summed E-state index contributed by atoms with van der Waals surface area (Å²) in [4.78, 5) is 19.2. The van der Waals surface area contributed by atoms with Crippen LogP contribution < -0.4 is 5.32 Å². The maximum Gasteiger partial charge on any atom is 0.268 e. The van der Waals surface area contributed by atoms with E-state index in [9.17, 15) is 9.18 Å². The van der Waals surface area contributed by atoms with Crippen LogP contribution in [0.4, 0.5) is 4.39 Å². The van der Waals surface area contributed by atoms with Gasteiger partial charge >= 0.3 is 0 Å². The van der Waals surface area contributed by atoms with Gasteiger partial charge in [0.05, 0.1) is 6.04 Å². The number of rotatable bonds is 3. The Bertz CT molecular complexity index is 783. The molecule has 1 amide bonds. The van der Waals surface area contributed by atoms with E-state index in [-0.39, 0.29) is 17.8 Å². The number of nitrogens with one attached hydrogen (secondary N) is 2. The number of hydrogen-bond donors (Lipinski definition) is 2.